The van der Waals surface area contributed by atoms with Crippen LogP contribution in [0.25, 0.3) is 0 Å². The number of rotatable bonds is 5. The highest BCUT2D eigenvalue weighted by Crippen LogP contribution is 2.24. The van der Waals surface area contributed by atoms with Gasteiger partial charge in [-0.15, -0.1) is 0 Å². The van der Waals surface area contributed by atoms with E-state index in [0.29, 0.717) is 44.9 Å². The van der Waals surface area contributed by atoms with Gasteiger partial charge in [0.1, 0.15) is 5.76 Å². The summed E-state index contributed by atoms with van der Waals surface area (Å²) in [5, 5.41) is 6.11. The first-order valence-corrected chi connectivity index (χ1v) is 7.65. The van der Waals surface area contributed by atoms with Crippen LogP contribution < -0.4 is 10.6 Å². The van der Waals surface area contributed by atoms with Crippen LogP contribution in [0.2, 0.25) is 0 Å². The summed E-state index contributed by atoms with van der Waals surface area (Å²) in [6, 6.07) is 0. The molecule has 3 rings (SSSR count). The molecular weight excluding hydrogens is 286 g/mol. The lowest BCUT2D eigenvalue weighted by atomic mass is 10.1. The van der Waals surface area contributed by atoms with Gasteiger partial charge < -0.3 is 20.1 Å². The molecule has 3 aliphatic rings. The molecule has 2 N–H and O–H groups in total. The van der Waals surface area contributed by atoms with Gasteiger partial charge in [0, 0.05) is 26.1 Å². The predicted molar refractivity (Wildman–Crippen MR) is 78.7 cm³/mol. The van der Waals surface area contributed by atoms with Crippen molar-refractivity contribution in [3.8, 4) is 0 Å². The molecule has 0 aromatic carbocycles. The Morgan fingerprint density at radius 2 is 2.18 bits per heavy atom. The Morgan fingerprint density at radius 1 is 1.36 bits per heavy atom. The highest BCUT2D eigenvalue weighted by molar-refractivity contribution is 5.93. The summed E-state index contributed by atoms with van der Waals surface area (Å²) < 4.78 is 10.9. The normalized spacial score (nSPS) is 24.7. The van der Waals surface area contributed by atoms with E-state index in [1.54, 1.807) is 12.2 Å². The van der Waals surface area contributed by atoms with Gasteiger partial charge in [0.2, 0.25) is 5.91 Å². The molecule has 7 nitrogen and oxygen atoms in total. The Kier molecular flexibility index (Phi) is 4.74. The van der Waals surface area contributed by atoms with Crippen LogP contribution in [-0.4, -0.2) is 62.2 Å². The summed E-state index contributed by atoms with van der Waals surface area (Å²) in [7, 11) is 0. The first kappa shape index (κ1) is 15.1. The molecule has 1 amide bonds. The van der Waals surface area contributed by atoms with Crippen molar-refractivity contribution < 1.29 is 19.1 Å². The van der Waals surface area contributed by atoms with Crippen LogP contribution in [0.4, 0.5) is 0 Å². The molecule has 0 spiro atoms. The summed E-state index contributed by atoms with van der Waals surface area (Å²) in [5.74, 6) is 0.782. The quantitative estimate of drug-likeness (QED) is 0.714. The van der Waals surface area contributed by atoms with Crippen LogP contribution in [0.15, 0.2) is 23.6 Å². The lowest BCUT2D eigenvalue weighted by Gasteiger charge is -2.25. The number of carbonyl (C=O) groups excluding carboxylic acids is 2. The zero-order chi connectivity index (χ0) is 15.4. The zero-order valence-electron chi connectivity index (χ0n) is 12.5. The predicted octanol–water partition coefficient (Wildman–Crippen LogP) is -0.489. The maximum absolute atomic E-state index is 11.9. The van der Waals surface area contributed by atoms with Crippen LogP contribution in [0.5, 0.6) is 0 Å². The fourth-order valence-corrected chi connectivity index (χ4v) is 2.68. The van der Waals surface area contributed by atoms with E-state index >= 15 is 0 Å². The molecule has 0 aromatic rings. The Labute approximate surface area is 129 Å². The molecule has 2 aliphatic heterocycles. The van der Waals surface area contributed by atoms with Gasteiger partial charge in [0.15, 0.2) is 12.0 Å². The number of allylic oxidation sites excluding steroid dienone is 3. The number of carbonyl (C=O) groups is 2. The van der Waals surface area contributed by atoms with Gasteiger partial charge in [-0.1, -0.05) is 0 Å². The number of hydrogen-bond acceptors (Lipinski definition) is 6. The maximum Gasteiger partial charge on any atom is 0.234 e. The number of ether oxygens (including phenoxy) is 2. The number of amides is 1. The van der Waals surface area contributed by atoms with E-state index in [4.69, 9.17) is 9.47 Å². The highest BCUT2D eigenvalue weighted by atomic mass is 16.5. The van der Waals surface area contributed by atoms with Crippen LogP contribution in [0, 0.1) is 0 Å². The average Bonchev–Trinajstić information content (AvgIpc) is 2.90. The first-order chi connectivity index (χ1) is 10.7. The second-order valence-corrected chi connectivity index (χ2v) is 5.59. The Morgan fingerprint density at radius 3 is 3.00 bits per heavy atom. The van der Waals surface area contributed by atoms with E-state index in [1.165, 1.54) is 0 Å². The third-order valence-electron chi connectivity index (χ3n) is 3.87. The Bertz CT molecular complexity index is 509. The molecule has 22 heavy (non-hydrogen) atoms. The van der Waals surface area contributed by atoms with E-state index < -0.39 is 0 Å². The maximum atomic E-state index is 11.9. The molecule has 0 bridgehead atoms. The van der Waals surface area contributed by atoms with Crippen LogP contribution >= 0.6 is 0 Å². The molecule has 2 heterocycles. The SMILES string of the molecule is O=C1C=CC2=C(C1)OC(CCNC(=O)CN1CCOCC1)N2. The Hall–Kier alpha value is -1.86. The van der Waals surface area contributed by atoms with E-state index in [-0.39, 0.29) is 17.9 Å². The van der Waals surface area contributed by atoms with Gasteiger partial charge in [0.05, 0.1) is 31.9 Å². The minimum atomic E-state index is -0.177. The summed E-state index contributed by atoms with van der Waals surface area (Å²) >= 11 is 0. The van der Waals surface area contributed by atoms with Crippen LogP contribution in [-0.2, 0) is 19.1 Å². The number of hydrogen-bond donors (Lipinski definition) is 2. The summed E-state index contributed by atoms with van der Waals surface area (Å²) in [4.78, 5) is 25.2. The van der Waals surface area contributed by atoms with Crippen molar-refractivity contribution in [2.24, 2.45) is 0 Å². The molecule has 0 saturated carbocycles. The molecule has 120 valence electrons. The topological polar surface area (TPSA) is 79.9 Å². The number of nitrogens with one attached hydrogen (secondary N) is 2. The molecule has 1 aliphatic carbocycles. The Balaban J connectivity index is 1.33. The fraction of sp³-hybridized carbons (Fsp3) is 0.600. The van der Waals surface area contributed by atoms with Gasteiger partial charge in [-0.05, 0) is 12.2 Å². The molecule has 7 heteroatoms. The molecule has 0 aromatic heterocycles. The summed E-state index contributed by atoms with van der Waals surface area (Å²) in [6.07, 6.45) is 4.10. The van der Waals surface area contributed by atoms with Crippen molar-refractivity contribution in [1.82, 2.24) is 15.5 Å². The van der Waals surface area contributed by atoms with Crippen LogP contribution in [0.3, 0.4) is 0 Å². The molecule has 1 fully saturated rings. The van der Waals surface area contributed by atoms with Gasteiger partial charge in [-0.3, -0.25) is 14.5 Å². The van der Waals surface area contributed by atoms with Crippen molar-refractivity contribution in [1.29, 1.82) is 0 Å². The lowest BCUT2D eigenvalue weighted by Crippen LogP contribution is -2.43. The van der Waals surface area contributed by atoms with E-state index in [2.05, 4.69) is 15.5 Å². The smallest absolute Gasteiger partial charge is 0.234 e. The van der Waals surface area contributed by atoms with Crippen molar-refractivity contribution in [3.05, 3.63) is 23.6 Å². The van der Waals surface area contributed by atoms with Gasteiger partial charge >= 0.3 is 0 Å². The van der Waals surface area contributed by atoms with E-state index in [0.717, 1.165) is 18.8 Å². The first-order valence-electron chi connectivity index (χ1n) is 7.65. The fourth-order valence-electron chi connectivity index (χ4n) is 2.68. The standard InChI is InChI=1S/C15H21N3O4/c19-11-1-2-12-13(9-11)22-15(17-12)3-4-16-14(20)10-18-5-7-21-8-6-18/h1-2,15,17H,3-10H2,(H,16,20). The zero-order valence-corrected chi connectivity index (χ0v) is 12.5. The molecule has 1 saturated heterocycles. The molecule has 0 radical (unpaired) electrons. The van der Waals surface area contributed by atoms with Crippen LogP contribution in [0.1, 0.15) is 12.8 Å². The third kappa shape index (κ3) is 3.86. The largest absolute Gasteiger partial charge is 0.472 e. The number of morpholine rings is 1. The summed E-state index contributed by atoms with van der Waals surface area (Å²) in [5.41, 5.74) is 0.879. The van der Waals surface area contributed by atoms with Crippen molar-refractivity contribution in [2.45, 2.75) is 19.1 Å². The second kappa shape index (κ2) is 6.93. The van der Waals surface area contributed by atoms with E-state index in [9.17, 15) is 9.59 Å². The van der Waals surface area contributed by atoms with Crippen molar-refractivity contribution >= 4 is 11.7 Å². The minimum Gasteiger partial charge on any atom is -0.472 e. The lowest BCUT2D eigenvalue weighted by molar-refractivity contribution is -0.123. The molecule has 1 unspecified atom stereocenters. The third-order valence-corrected chi connectivity index (χ3v) is 3.87. The number of nitrogens with zero attached hydrogens (tertiary/aromatic N) is 1. The van der Waals surface area contributed by atoms with E-state index in [1.807, 2.05) is 0 Å². The minimum absolute atomic E-state index is 0.0210. The van der Waals surface area contributed by atoms with Gasteiger partial charge in [-0.25, -0.2) is 0 Å². The van der Waals surface area contributed by atoms with Crippen molar-refractivity contribution in [2.75, 3.05) is 39.4 Å². The highest BCUT2D eigenvalue weighted by Gasteiger charge is 2.26. The van der Waals surface area contributed by atoms with Crippen molar-refractivity contribution in [3.63, 3.8) is 0 Å². The monoisotopic (exact) mass is 307 g/mol. The summed E-state index contributed by atoms with van der Waals surface area (Å²) in [6.45, 7) is 3.94. The van der Waals surface area contributed by atoms with Gasteiger partial charge in [-0.2, -0.15) is 0 Å². The van der Waals surface area contributed by atoms with Gasteiger partial charge in [0.25, 0.3) is 0 Å². The second-order valence-electron chi connectivity index (χ2n) is 5.59. The number of ketones is 1. The molecular formula is C15H21N3O4. The molecule has 1 atom stereocenters. The average molecular weight is 307 g/mol.